The summed E-state index contributed by atoms with van der Waals surface area (Å²) in [5, 5.41) is 10.8. The molecule has 26 heavy (non-hydrogen) atoms. The van der Waals surface area contributed by atoms with Crippen LogP contribution in [-0.2, 0) is 26.3 Å². The molecule has 1 N–H and O–H groups in total. The molecular weight excluding hydrogens is 344 g/mol. The highest BCUT2D eigenvalue weighted by atomic mass is 28.3. The maximum absolute atomic E-state index is 12.2. The van der Waals surface area contributed by atoms with Crippen molar-refractivity contribution in [1.29, 1.82) is 0 Å². The lowest BCUT2D eigenvalue weighted by Crippen LogP contribution is -2.31. The molecule has 4 nitrogen and oxygen atoms in total. The van der Waals surface area contributed by atoms with Crippen molar-refractivity contribution in [3.05, 3.63) is 35.4 Å². The standard InChI is InChI=1S/C21H32O4Si/c1-8-24-20(22)19(25-16(2)3)15-17-10-9-11-18(14-17)21(4,23)12-13-26(5,6)7/h9-11,14,16,19,23H,8,15H2,1-7H3. The molecule has 0 saturated carbocycles. The lowest BCUT2D eigenvalue weighted by molar-refractivity contribution is -0.159. The van der Waals surface area contributed by atoms with Crippen molar-refractivity contribution in [2.75, 3.05) is 6.61 Å². The quantitative estimate of drug-likeness (QED) is 0.448. The number of rotatable bonds is 7. The Bertz CT molecular complexity index is 663. The molecule has 1 rings (SSSR count). The smallest absolute Gasteiger partial charge is 0.335 e. The molecule has 0 aliphatic heterocycles. The van der Waals surface area contributed by atoms with Gasteiger partial charge in [0.2, 0.25) is 0 Å². The first-order valence-corrected chi connectivity index (χ1v) is 12.6. The van der Waals surface area contributed by atoms with Crippen LogP contribution in [-0.4, -0.2) is 38.0 Å². The molecule has 5 heteroatoms. The number of benzene rings is 1. The normalized spacial score (nSPS) is 15.0. The topological polar surface area (TPSA) is 55.8 Å². The van der Waals surface area contributed by atoms with Gasteiger partial charge in [0.15, 0.2) is 6.10 Å². The van der Waals surface area contributed by atoms with E-state index in [4.69, 9.17) is 9.47 Å². The number of aliphatic hydroxyl groups is 1. The third-order valence-electron chi connectivity index (χ3n) is 3.58. The van der Waals surface area contributed by atoms with Gasteiger partial charge in [0.05, 0.1) is 12.7 Å². The van der Waals surface area contributed by atoms with Crippen molar-refractivity contribution in [3.63, 3.8) is 0 Å². The molecule has 0 aliphatic carbocycles. The molecule has 144 valence electrons. The zero-order chi connectivity index (χ0) is 20.0. The Balaban J connectivity index is 3.06. The van der Waals surface area contributed by atoms with Crippen LogP contribution in [0.5, 0.6) is 0 Å². The zero-order valence-electron chi connectivity index (χ0n) is 17.1. The van der Waals surface area contributed by atoms with Gasteiger partial charge in [0.25, 0.3) is 0 Å². The van der Waals surface area contributed by atoms with Crippen molar-refractivity contribution >= 4 is 14.0 Å². The zero-order valence-corrected chi connectivity index (χ0v) is 18.1. The first kappa shape index (κ1) is 22.4. The Kier molecular flexibility index (Phi) is 8.07. The summed E-state index contributed by atoms with van der Waals surface area (Å²) in [6.45, 7) is 14.0. The molecule has 0 saturated heterocycles. The van der Waals surface area contributed by atoms with Crippen molar-refractivity contribution in [1.82, 2.24) is 0 Å². The van der Waals surface area contributed by atoms with Crippen LogP contribution in [0.1, 0.15) is 38.8 Å². The number of carbonyl (C=O) groups excluding carboxylic acids is 1. The van der Waals surface area contributed by atoms with Crippen LogP contribution < -0.4 is 0 Å². The number of esters is 1. The van der Waals surface area contributed by atoms with E-state index in [2.05, 4.69) is 31.1 Å². The second-order valence-corrected chi connectivity index (χ2v) is 12.7. The van der Waals surface area contributed by atoms with Gasteiger partial charge in [-0.3, -0.25) is 0 Å². The molecule has 0 radical (unpaired) electrons. The van der Waals surface area contributed by atoms with Crippen LogP contribution in [0.15, 0.2) is 24.3 Å². The maximum Gasteiger partial charge on any atom is 0.335 e. The Morgan fingerprint density at radius 3 is 2.50 bits per heavy atom. The van der Waals surface area contributed by atoms with E-state index in [-0.39, 0.29) is 12.1 Å². The minimum atomic E-state index is -1.58. The van der Waals surface area contributed by atoms with E-state index in [0.717, 1.165) is 5.56 Å². The second-order valence-electron chi connectivity index (χ2n) is 7.90. The van der Waals surface area contributed by atoms with Gasteiger partial charge in [0.1, 0.15) is 13.7 Å². The molecule has 1 aromatic rings. The summed E-state index contributed by atoms with van der Waals surface area (Å²) in [5.41, 5.74) is 3.61. The van der Waals surface area contributed by atoms with E-state index in [0.29, 0.717) is 18.6 Å². The predicted octanol–water partition coefficient (Wildman–Crippen LogP) is 3.67. The Labute approximate surface area is 158 Å². The Morgan fingerprint density at radius 1 is 1.31 bits per heavy atom. The van der Waals surface area contributed by atoms with Crippen LogP contribution in [0.4, 0.5) is 0 Å². The lowest BCUT2D eigenvalue weighted by atomic mass is 9.94. The SMILES string of the molecule is CCOC(=O)C(Cc1cccc(C(C)(O)C#C[Si](C)(C)C)c1)OC(C)C. The van der Waals surface area contributed by atoms with Gasteiger partial charge < -0.3 is 14.6 Å². The van der Waals surface area contributed by atoms with Crippen LogP contribution in [0.25, 0.3) is 0 Å². The average molecular weight is 377 g/mol. The van der Waals surface area contributed by atoms with Crippen molar-refractivity contribution in [3.8, 4) is 11.5 Å². The third-order valence-corrected chi connectivity index (χ3v) is 4.45. The van der Waals surface area contributed by atoms with Gasteiger partial charge in [0, 0.05) is 6.42 Å². The summed E-state index contributed by atoms with van der Waals surface area (Å²) in [6, 6.07) is 7.52. The highest BCUT2D eigenvalue weighted by molar-refractivity contribution is 6.83. The van der Waals surface area contributed by atoms with Gasteiger partial charge in [-0.2, -0.15) is 0 Å². The number of carbonyl (C=O) groups is 1. The monoisotopic (exact) mass is 376 g/mol. The number of ether oxygens (including phenoxy) is 2. The van der Waals surface area contributed by atoms with E-state index >= 15 is 0 Å². The summed E-state index contributed by atoms with van der Waals surface area (Å²) in [6.07, 6.45) is -0.357. The fourth-order valence-electron chi connectivity index (χ4n) is 2.35. The van der Waals surface area contributed by atoms with E-state index < -0.39 is 19.8 Å². The summed E-state index contributed by atoms with van der Waals surface area (Å²) in [7, 11) is -1.58. The van der Waals surface area contributed by atoms with Crippen molar-refractivity contribution in [2.45, 2.75) is 71.6 Å². The van der Waals surface area contributed by atoms with Crippen molar-refractivity contribution in [2.24, 2.45) is 0 Å². The minimum absolute atomic E-state index is 0.0849. The average Bonchev–Trinajstić information content (AvgIpc) is 2.52. The van der Waals surface area contributed by atoms with E-state index in [9.17, 15) is 9.90 Å². The van der Waals surface area contributed by atoms with Crippen molar-refractivity contribution < 1.29 is 19.4 Å². The predicted molar refractivity (Wildman–Crippen MR) is 107 cm³/mol. The summed E-state index contributed by atoms with van der Waals surface area (Å²) < 4.78 is 10.8. The lowest BCUT2D eigenvalue weighted by Gasteiger charge is -2.21. The van der Waals surface area contributed by atoms with Gasteiger partial charge in [-0.25, -0.2) is 4.79 Å². The summed E-state index contributed by atoms with van der Waals surface area (Å²) >= 11 is 0. The molecule has 0 amide bonds. The van der Waals surface area contributed by atoms with Gasteiger partial charge >= 0.3 is 5.97 Å². The fraction of sp³-hybridized carbons (Fsp3) is 0.571. The molecule has 0 spiro atoms. The first-order chi connectivity index (χ1) is 11.9. The third kappa shape index (κ3) is 7.73. The van der Waals surface area contributed by atoms with Gasteiger partial charge in [-0.1, -0.05) is 49.8 Å². The fourth-order valence-corrected chi connectivity index (χ4v) is 2.97. The highest BCUT2D eigenvalue weighted by Crippen LogP contribution is 2.22. The largest absolute Gasteiger partial charge is 0.464 e. The van der Waals surface area contributed by atoms with Crippen LogP contribution >= 0.6 is 0 Å². The summed E-state index contributed by atoms with van der Waals surface area (Å²) in [4.78, 5) is 12.2. The van der Waals surface area contributed by atoms with Crippen LogP contribution in [0, 0.1) is 11.5 Å². The Hall–Kier alpha value is -1.61. The molecule has 1 aromatic carbocycles. The van der Waals surface area contributed by atoms with Crippen LogP contribution in [0.2, 0.25) is 19.6 Å². The van der Waals surface area contributed by atoms with Crippen LogP contribution in [0.3, 0.4) is 0 Å². The molecule has 2 atom stereocenters. The van der Waals surface area contributed by atoms with E-state index in [1.165, 1.54) is 0 Å². The number of hydrogen-bond acceptors (Lipinski definition) is 4. The van der Waals surface area contributed by atoms with E-state index in [1.54, 1.807) is 13.8 Å². The molecule has 0 fully saturated rings. The molecular formula is C21H32O4Si. The molecule has 2 unspecified atom stereocenters. The molecule has 0 aromatic heterocycles. The molecule has 0 heterocycles. The minimum Gasteiger partial charge on any atom is -0.464 e. The Morgan fingerprint density at radius 2 is 1.96 bits per heavy atom. The van der Waals surface area contributed by atoms with Gasteiger partial charge in [-0.15, -0.1) is 5.54 Å². The second kappa shape index (κ2) is 9.36. The first-order valence-electron chi connectivity index (χ1n) is 9.13. The van der Waals surface area contributed by atoms with E-state index in [1.807, 2.05) is 38.1 Å². The number of hydrogen-bond donors (Lipinski definition) is 1. The maximum atomic E-state index is 12.2. The molecule has 0 aliphatic rings. The highest BCUT2D eigenvalue weighted by Gasteiger charge is 2.25. The molecule has 0 bridgehead atoms. The summed E-state index contributed by atoms with van der Waals surface area (Å²) in [5.74, 6) is 2.65. The van der Waals surface area contributed by atoms with Gasteiger partial charge in [-0.05, 0) is 38.8 Å².